The predicted octanol–water partition coefficient (Wildman–Crippen LogP) is 3.59. The fourth-order valence-electron chi connectivity index (χ4n) is 3.76. The molecule has 0 bridgehead atoms. The first-order chi connectivity index (χ1) is 13.9. The molecule has 150 valence electrons. The van der Waals surface area contributed by atoms with Crippen molar-refractivity contribution >= 4 is 35.3 Å². The van der Waals surface area contributed by atoms with E-state index in [9.17, 15) is 14.4 Å². The Labute approximate surface area is 174 Å². The number of hydrogen-bond acceptors (Lipinski definition) is 4. The van der Waals surface area contributed by atoms with Gasteiger partial charge in [0.2, 0.25) is 5.91 Å². The summed E-state index contributed by atoms with van der Waals surface area (Å²) in [6.07, 6.45) is 0.470. The van der Waals surface area contributed by atoms with Gasteiger partial charge in [0.05, 0.1) is 11.7 Å². The number of fused-ring (bicyclic) bond motifs is 1. The molecular formula is C22H23N3O3S. The number of carbonyl (C=O) groups is 3. The zero-order valence-electron chi connectivity index (χ0n) is 16.4. The molecular weight excluding hydrogens is 386 g/mol. The van der Waals surface area contributed by atoms with E-state index in [0.29, 0.717) is 12.2 Å². The highest BCUT2D eigenvalue weighted by Crippen LogP contribution is 2.43. The number of nitrogens with one attached hydrogen (secondary N) is 1. The molecule has 2 aromatic rings. The normalized spacial score (nSPS) is 23.7. The van der Waals surface area contributed by atoms with E-state index in [-0.39, 0.29) is 24.4 Å². The highest BCUT2D eigenvalue weighted by Gasteiger charge is 2.48. The summed E-state index contributed by atoms with van der Waals surface area (Å²) in [7, 11) is 0. The van der Waals surface area contributed by atoms with Crippen LogP contribution in [0.15, 0.2) is 59.5 Å². The molecule has 0 saturated carbocycles. The van der Waals surface area contributed by atoms with Gasteiger partial charge < -0.3 is 10.2 Å². The summed E-state index contributed by atoms with van der Waals surface area (Å²) in [4.78, 5) is 42.4. The van der Waals surface area contributed by atoms with Crippen LogP contribution in [0.4, 0.5) is 10.5 Å². The van der Waals surface area contributed by atoms with Crippen LogP contribution in [-0.4, -0.2) is 40.6 Å². The van der Waals surface area contributed by atoms with Crippen molar-refractivity contribution in [3.05, 3.63) is 60.2 Å². The standard InChI is InChI=1S/C22H23N3O3S/c1-3-22(2)20(27)24(21(28)23-22)13-19(26)25-16-11-7-8-12-18(16)29-14-17(25)15-9-5-4-6-10-15/h4-12,17H,3,13-14H2,1-2H3,(H,23,28)/t17-,22-/m1/s1. The van der Waals surface area contributed by atoms with Crippen molar-refractivity contribution < 1.29 is 14.4 Å². The summed E-state index contributed by atoms with van der Waals surface area (Å²) in [5, 5.41) is 2.71. The quantitative estimate of drug-likeness (QED) is 0.784. The molecule has 0 unspecified atom stereocenters. The van der Waals surface area contributed by atoms with Gasteiger partial charge in [-0.05, 0) is 31.0 Å². The Morgan fingerprint density at radius 2 is 1.83 bits per heavy atom. The Morgan fingerprint density at radius 3 is 2.52 bits per heavy atom. The van der Waals surface area contributed by atoms with E-state index in [0.717, 1.165) is 21.0 Å². The first kappa shape index (κ1) is 19.5. The number of anilines is 1. The summed E-state index contributed by atoms with van der Waals surface area (Å²) in [6, 6.07) is 16.9. The third-order valence-electron chi connectivity index (χ3n) is 5.63. The van der Waals surface area contributed by atoms with Crippen LogP contribution in [0.1, 0.15) is 31.9 Å². The van der Waals surface area contributed by atoms with Gasteiger partial charge in [0.1, 0.15) is 12.1 Å². The number of urea groups is 1. The third-order valence-corrected chi connectivity index (χ3v) is 6.77. The molecule has 0 spiro atoms. The Morgan fingerprint density at radius 1 is 1.14 bits per heavy atom. The number of rotatable bonds is 4. The largest absolute Gasteiger partial charge is 0.325 e. The molecule has 29 heavy (non-hydrogen) atoms. The maximum atomic E-state index is 13.4. The van der Waals surface area contributed by atoms with Gasteiger partial charge in [-0.15, -0.1) is 11.8 Å². The number of thioether (sulfide) groups is 1. The predicted molar refractivity (Wildman–Crippen MR) is 113 cm³/mol. The van der Waals surface area contributed by atoms with Crippen LogP contribution >= 0.6 is 11.8 Å². The first-order valence-electron chi connectivity index (χ1n) is 9.67. The van der Waals surface area contributed by atoms with E-state index in [1.165, 1.54) is 0 Å². The van der Waals surface area contributed by atoms with Crippen LogP contribution < -0.4 is 10.2 Å². The molecule has 6 nitrogen and oxygen atoms in total. The number of carbonyl (C=O) groups excluding carboxylic acids is 3. The number of amides is 4. The molecule has 1 N–H and O–H groups in total. The van der Waals surface area contributed by atoms with E-state index in [4.69, 9.17) is 0 Å². The molecule has 2 heterocycles. The molecule has 2 aliphatic rings. The molecule has 4 rings (SSSR count). The minimum Gasteiger partial charge on any atom is -0.323 e. The second kappa shape index (κ2) is 7.55. The van der Waals surface area contributed by atoms with Crippen LogP contribution in [0.2, 0.25) is 0 Å². The van der Waals surface area contributed by atoms with Gasteiger partial charge in [-0.2, -0.15) is 0 Å². The summed E-state index contributed by atoms with van der Waals surface area (Å²) < 4.78 is 0. The van der Waals surface area contributed by atoms with Crippen LogP contribution in [0.5, 0.6) is 0 Å². The molecule has 2 aliphatic heterocycles. The lowest BCUT2D eigenvalue weighted by atomic mass is 9.99. The van der Waals surface area contributed by atoms with Crippen molar-refractivity contribution in [1.82, 2.24) is 10.2 Å². The van der Waals surface area contributed by atoms with Crippen molar-refractivity contribution in [2.24, 2.45) is 0 Å². The van der Waals surface area contributed by atoms with Gasteiger partial charge in [-0.3, -0.25) is 14.5 Å². The van der Waals surface area contributed by atoms with Crippen molar-refractivity contribution in [1.29, 1.82) is 0 Å². The van der Waals surface area contributed by atoms with E-state index < -0.39 is 11.6 Å². The van der Waals surface area contributed by atoms with Crippen LogP contribution in [-0.2, 0) is 9.59 Å². The highest BCUT2D eigenvalue weighted by atomic mass is 32.2. The lowest BCUT2D eigenvalue weighted by molar-refractivity contribution is -0.134. The molecule has 4 amide bonds. The number of para-hydroxylation sites is 1. The topological polar surface area (TPSA) is 69.7 Å². The van der Waals surface area contributed by atoms with Gasteiger partial charge in [0, 0.05) is 10.6 Å². The number of benzene rings is 2. The molecule has 2 atom stereocenters. The summed E-state index contributed by atoms with van der Waals surface area (Å²) in [5.74, 6) is 0.0873. The molecule has 7 heteroatoms. The number of imide groups is 1. The Balaban J connectivity index is 1.67. The van der Waals surface area contributed by atoms with E-state index in [1.54, 1.807) is 23.6 Å². The Bertz CT molecular complexity index is 965. The third kappa shape index (κ3) is 3.40. The van der Waals surface area contributed by atoms with E-state index in [1.807, 2.05) is 61.5 Å². The van der Waals surface area contributed by atoms with E-state index >= 15 is 0 Å². The van der Waals surface area contributed by atoms with Crippen LogP contribution in [0.3, 0.4) is 0 Å². The highest BCUT2D eigenvalue weighted by molar-refractivity contribution is 7.99. The molecule has 0 aliphatic carbocycles. The maximum absolute atomic E-state index is 13.4. The SMILES string of the molecule is CC[C@@]1(C)NC(=O)N(CC(=O)N2c3ccccc3SC[C@@H]2c2ccccc2)C1=O. The van der Waals surface area contributed by atoms with Crippen molar-refractivity contribution in [2.75, 3.05) is 17.2 Å². The minimum atomic E-state index is -0.953. The van der Waals surface area contributed by atoms with Gasteiger partial charge in [0.25, 0.3) is 5.91 Å². The number of hydrogen-bond donors (Lipinski definition) is 1. The van der Waals surface area contributed by atoms with Crippen molar-refractivity contribution in [3.8, 4) is 0 Å². The molecule has 1 saturated heterocycles. The average Bonchev–Trinajstić information content (AvgIpc) is 2.97. The molecule has 0 radical (unpaired) electrons. The fourth-order valence-corrected chi connectivity index (χ4v) is 4.93. The van der Waals surface area contributed by atoms with Gasteiger partial charge in [-0.25, -0.2) is 4.79 Å². The van der Waals surface area contributed by atoms with Gasteiger partial charge in [0.15, 0.2) is 0 Å². The second-order valence-corrected chi connectivity index (χ2v) is 8.54. The van der Waals surface area contributed by atoms with Gasteiger partial charge >= 0.3 is 6.03 Å². The van der Waals surface area contributed by atoms with Crippen molar-refractivity contribution in [2.45, 2.75) is 36.7 Å². The second-order valence-electron chi connectivity index (χ2n) is 7.48. The Hall–Kier alpha value is -2.80. The molecule has 0 aromatic heterocycles. The van der Waals surface area contributed by atoms with Gasteiger partial charge in [-0.1, -0.05) is 49.4 Å². The summed E-state index contributed by atoms with van der Waals surface area (Å²) in [6.45, 7) is 3.26. The average molecular weight is 410 g/mol. The van der Waals surface area contributed by atoms with Crippen LogP contribution in [0.25, 0.3) is 0 Å². The lowest BCUT2D eigenvalue weighted by Crippen LogP contribution is -2.47. The minimum absolute atomic E-state index is 0.165. The Kier molecular flexibility index (Phi) is 5.08. The van der Waals surface area contributed by atoms with Crippen LogP contribution in [0, 0.1) is 0 Å². The number of nitrogens with zero attached hydrogens (tertiary/aromatic N) is 2. The first-order valence-corrected chi connectivity index (χ1v) is 10.7. The zero-order valence-corrected chi connectivity index (χ0v) is 17.2. The summed E-state index contributed by atoms with van der Waals surface area (Å²) in [5.41, 5.74) is 0.887. The molecule has 1 fully saturated rings. The maximum Gasteiger partial charge on any atom is 0.325 e. The van der Waals surface area contributed by atoms with Crippen molar-refractivity contribution in [3.63, 3.8) is 0 Å². The zero-order chi connectivity index (χ0) is 20.6. The monoisotopic (exact) mass is 409 g/mol. The fraction of sp³-hybridized carbons (Fsp3) is 0.318. The smallest absolute Gasteiger partial charge is 0.323 e. The molecule has 2 aromatic carbocycles. The van der Waals surface area contributed by atoms with E-state index in [2.05, 4.69) is 5.32 Å². The summed E-state index contributed by atoms with van der Waals surface area (Å²) >= 11 is 1.71. The lowest BCUT2D eigenvalue weighted by Gasteiger charge is -2.37.